The first-order valence-electron chi connectivity index (χ1n) is 13.4. The van der Waals surface area contributed by atoms with E-state index in [0.717, 1.165) is 10.0 Å². The summed E-state index contributed by atoms with van der Waals surface area (Å²) >= 11 is 3.55. The molecule has 2 aliphatic rings. The van der Waals surface area contributed by atoms with Gasteiger partial charge in [0.1, 0.15) is 24.1 Å². The summed E-state index contributed by atoms with van der Waals surface area (Å²) in [4.78, 5) is 41.0. The molecule has 204 valence electrons. The van der Waals surface area contributed by atoms with Crippen molar-refractivity contribution in [1.82, 2.24) is 24.4 Å². The number of rotatable bonds is 6. The summed E-state index contributed by atoms with van der Waals surface area (Å²) in [5.41, 5.74) is 2.78. The number of hydrogen-bond acceptors (Lipinski definition) is 6. The highest BCUT2D eigenvalue weighted by atomic mass is 79.9. The third-order valence-electron chi connectivity index (χ3n) is 7.62. The lowest BCUT2D eigenvalue weighted by Crippen LogP contribution is -2.37. The van der Waals surface area contributed by atoms with Gasteiger partial charge < -0.3 is 4.74 Å². The maximum Gasteiger partial charge on any atom is 0.277 e. The predicted molar refractivity (Wildman–Crippen MR) is 157 cm³/mol. The Morgan fingerprint density at radius 3 is 2.46 bits per heavy atom. The molecule has 10 heteroatoms. The lowest BCUT2D eigenvalue weighted by Gasteiger charge is -2.22. The first-order valence-corrected chi connectivity index (χ1v) is 14.2. The van der Waals surface area contributed by atoms with Gasteiger partial charge in [-0.25, -0.2) is 14.0 Å². The van der Waals surface area contributed by atoms with E-state index in [1.807, 2.05) is 48.7 Å². The van der Waals surface area contributed by atoms with Crippen molar-refractivity contribution in [2.45, 2.75) is 38.5 Å². The molecular formula is C31H24BrN5O4. The summed E-state index contributed by atoms with van der Waals surface area (Å²) in [6.45, 7) is 0.719. The molecule has 1 atom stereocenters. The summed E-state index contributed by atoms with van der Waals surface area (Å²) in [5, 5.41) is 9.14. The molecule has 1 unspecified atom stereocenters. The Hall–Kier alpha value is -4.57. The van der Waals surface area contributed by atoms with Gasteiger partial charge in [0.2, 0.25) is 0 Å². The lowest BCUT2D eigenvalue weighted by atomic mass is 9.87. The molecule has 3 aromatic carbocycles. The third-order valence-corrected chi connectivity index (χ3v) is 8.11. The Bertz CT molecular complexity index is 1990. The number of carbonyl (C=O) groups is 1. The summed E-state index contributed by atoms with van der Waals surface area (Å²) in [6.07, 6.45) is 3.35. The zero-order valence-electron chi connectivity index (χ0n) is 21.9. The molecule has 0 radical (unpaired) electrons. The van der Waals surface area contributed by atoms with E-state index in [0.29, 0.717) is 64.9 Å². The first-order chi connectivity index (χ1) is 20.0. The van der Waals surface area contributed by atoms with E-state index in [1.54, 1.807) is 35.0 Å². The highest BCUT2D eigenvalue weighted by Crippen LogP contribution is 2.44. The van der Waals surface area contributed by atoms with Gasteiger partial charge in [0.05, 0.1) is 29.2 Å². The van der Waals surface area contributed by atoms with Crippen molar-refractivity contribution in [2.75, 3.05) is 0 Å². The molecule has 2 aromatic heterocycles. The van der Waals surface area contributed by atoms with Crippen LogP contribution in [-0.4, -0.2) is 30.1 Å². The van der Waals surface area contributed by atoms with Crippen LogP contribution in [0.3, 0.4) is 0 Å². The number of Topliss-reactive ketones (excluding diaryl/α,β-unsaturated/α-hetero) is 1. The van der Waals surface area contributed by atoms with E-state index in [2.05, 4.69) is 26.2 Å². The van der Waals surface area contributed by atoms with Gasteiger partial charge in [0, 0.05) is 22.0 Å². The molecule has 0 N–H and O–H groups in total. The number of nitrogens with zero attached hydrogens (tertiary/aromatic N) is 5. The first kappa shape index (κ1) is 25.4. The van der Waals surface area contributed by atoms with E-state index in [-0.39, 0.29) is 23.5 Å². The van der Waals surface area contributed by atoms with Gasteiger partial charge in [-0.2, -0.15) is 0 Å². The van der Waals surface area contributed by atoms with E-state index in [1.165, 1.54) is 9.36 Å². The summed E-state index contributed by atoms with van der Waals surface area (Å²) in [6, 6.07) is 21.5. The van der Waals surface area contributed by atoms with Gasteiger partial charge in [-0.3, -0.25) is 14.4 Å². The van der Waals surface area contributed by atoms with Crippen molar-refractivity contribution < 1.29 is 9.53 Å². The van der Waals surface area contributed by atoms with Gasteiger partial charge in [0.25, 0.3) is 11.1 Å². The molecule has 9 nitrogen and oxygen atoms in total. The van der Waals surface area contributed by atoms with Crippen LogP contribution >= 0.6 is 15.9 Å². The number of ether oxygens (including phenoxy) is 1. The van der Waals surface area contributed by atoms with Gasteiger partial charge in [-0.1, -0.05) is 63.6 Å². The second-order valence-electron chi connectivity index (χ2n) is 10.2. The van der Waals surface area contributed by atoms with E-state index >= 15 is 0 Å². The van der Waals surface area contributed by atoms with Gasteiger partial charge in [-0.15, -0.1) is 5.10 Å². The number of halogens is 1. The van der Waals surface area contributed by atoms with Crippen LogP contribution in [0.1, 0.15) is 42.1 Å². The fraction of sp³-hybridized carbons (Fsp3) is 0.194. The van der Waals surface area contributed by atoms with E-state index < -0.39 is 6.04 Å². The molecule has 1 aliphatic carbocycles. The van der Waals surface area contributed by atoms with Crippen molar-refractivity contribution in [3.63, 3.8) is 0 Å². The Morgan fingerprint density at radius 1 is 0.902 bits per heavy atom. The fourth-order valence-corrected chi connectivity index (χ4v) is 6.20. The molecular weight excluding hydrogens is 586 g/mol. The minimum atomic E-state index is -0.802. The Balaban J connectivity index is 1.30. The van der Waals surface area contributed by atoms with E-state index in [9.17, 15) is 14.4 Å². The smallest absolute Gasteiger partial charge is 0.277 e. The van der Waals surface area contributed by atoms with Crippen LogP contribution < -0.4 is 15.9 Å². The molecule has 5 aromatic rings. The summed E-state index contributed by atoms with van der Waals surface area (Å²) in [5.74, 6) is 0.423. The van der Waals surface area contributed by atoms with Crippen LogP contribution in [0.15, 0.2) is 98.6 Å². The number of hydrogen-bond donors (Lipinski definition) is 0. The van der Waals surface area contributed by atoms with Gasteiger partial charge in [-0.05, 0) is 48.7 Å². The highest BCUT2D eigenvalue weighted by Gasteiger charge is 2.41. The van der Waals surface area contributed by atoms with Crippen molar-refractivity contribution >= 4 is 38.2 Å². The monoisotopic (exact) mass is 609 g/mol. The van der Waals surface area contributed by atoms with Crippen LogP contribution in [0.2, 0.25) is 0 Å². The molecule has 0 saturated carbocycles. The second kappa shape index (κ2) is 10.1. The molecule has 0 fully saturated rings. The SMILES string of the molecule is O=C1CCCC2=C1C(c1cc(Br)ccc1OCc1cn(Cc3ccccc3)nn1)n1c(=O)c3ccccc3c(=O)n12. The van der Waals surface area contributed by atoms with E-state index in [4.69, 9.17) is 4.74 Å². The van der Waals surface area contributed by atoms with Crippen molar-refractivity contribution in [2.24, 2.45) is 0 Å². The third kappa shape index (κ3) is 4.35. The van der Waals surface area contributed by atoms with Crippen LogP contribution in [-0.2, 0) is 17.9 Å². The highest BCUT2D eigenvalue weighted by molar-refractivity contribution is 9.10. The Kier molecular flexibility index (Phi) is 6.27. The topological polar surface area (TPSA) is 101 Å². The number of fused-ring (bicyclic) bond motifs is 3. The fourth-order valence-electron chi connectivity index (χ4n) is 5.82. The van der Waals surface area contributed by atoms with Crippen LogP contribution in [0.5, 0.6) is 5.75 Å². The molecule has 7 rings (SSSR count). The number of ketones is 1. The molecule has 3 heterocycles. The minimum Gasteiger partial charge on any atom is -0.487 e. The molecule has 0 bridgehead atoms. The maximum atomic E-state index is 13.9. The average Bonchev–Trinajstić information content (AvgIpc) is 3.59. The zero-order chi connectivity index (χ0) is 28.1. The number of allylic oxidation sites excluding steroid dienone is 2. The summed E-state index contributed by atoms with van der Waals surface area (Å²) in [7, 11) is 0. The normalized spacial score (nSPS) is 16.2. The van der Waals surface area contributed by atoms with Crippen molar-refractivity contribution in [3.05, 3.63) is 127 Å². The predicted octanol–water partition coefficient (Wildman–Crippen LogP) is 4.71. The molecule has 0 amide bonds. The summed E-state index contributed by atoms with van der Waals surface area (Å²) < 4.78 is 11.6. The largest absolute Gasteiger partial charge is 0.487 e. The number of benzene rings is 3. The number of aromatic nitrogens is 5. The molecule has 0 saturated heterocycles. The Labute approximate surface area is 242 Å². The van der Waals surface area contributed by atoms with Gasteiger partial charge >= 0.3 is 0 Å². The standard InChI is InChI=1S/C31H24BrN5O4/c32-20-13-14-27(41-18-21-17-35(34-33-21)16-19-7-2-1-3-8-19)24(15-20)29-28-25(11-6-12-26(28)38)36-30(39)22-9-4-5-10-23(22)31(40)37(29)36/h1-5,7-10,13-15,17,29H,6,11-12,16,18H2. The number of carbonyl (C=O) groups excluding carboxylic acids is 1. The molecule has 1 aliphatic heterocycles. The van der Waals surface area contributed by atoms with Crippen LogP contribution in [0, 0.1) is 0 Å². The van der Waals surface area contributed by atoms with Gasteiger partial charge in [0.15, 0.2) is 5.78 Å². The zero-order valence-corrected chi connectivity index (χ0v) is 23.5. The molecule has 0 spiro atoms. The minimum absolute atomic E-state index is 0.0647. The maximum absolute atomic E-state index is 13.9. The van der Waals surface area contributed by atoms with Crippen molar-refractivity contribution in [1.29, 1.82) is 0 Å². The molecule has 41 heavy (non-hydrogen) atoms. The quantitative estimate of drug-likeness (QED) is 0.276. The van der Waals surface area contributed by atoms with Crippen molar-refractivity contribution in [3.8, 4) is 5.75 Å². The van der Waals surface area contributed by atoms with Crippen LogP contribution in [0.4, 0.5) is 0 Å². The average molecular weight is 610 g/mol. The Morgan fingerprint density at radius 2 is 1.66 bits per heavy atom. The second-order valence-corrected chi connectivity index (χ2v) is 11.1. The lowest BCUT2D eigenvalue weighted by molar-refractivity contribution is -0.116. The van der Waals surface area contributed by atoms with Crippen LogP contribution in [0.25, 0.3) is 16.5 Å².